The van der Waals surface area contributed by atoms with Crippen molar-refractivity contribution in [3.05, 3.63) is 96.8 Å². The molecule has 0 spiro atoms. The number of anilines is 1. The summed E-state index contributed by atoms with van der Waals surface area (Å²) in [6, 6.07) is 19.4. The van der Waals surface area contributed by atoms with E-state index in [2.05, 4.69) is 50.8 Å². The number of amides is 1. The average molecular weight is 605 g/mol. The number of halogens is 3. The minimum absolute atomic E-state index is 0.0210. The highest BCUT2D eigenvalue weighted by atomic mass is 127. The molecule has 0 bridgehead atoms. The molecule has 0 fully saturated rings. The molecule has 7 heteroatoms. The van der Waals surface area contributed by atoms with Crippen molar-refractivity contribution in [3.8, 4) is 11.8 Å². The fourth-order valence-corrected chi connectivity index (χ4v) is 4.67. The number of ether oxygens (including phenoxy) is 1. The first kappa shape index (κ1) is 24.0. The van der Waals surface area contributed by atoms with E-state index < -0.39 is 5.91 Å². The molecule has 0 aliphatic carbocycles. The molecule has 3 aromatic rings. The van der Waals surface area contributed by atoms with E-state index in [1.807, 2.05) is 30.3 Å². The summed E-state index contributed by atoms with van der Waals surface area (Å²) in [6.45, 7) is 2.14. The van der Waals surface area contributed by atoms with Crippen LogP contribution in [0.5, 0.6) is 5.75 Å². The Bertz CT molecular complexity index is 1180. The van der Waals surface area contributed by atoms with Gasteiger partial charge in [-0.2, -0.15) is 5.26 Å². The van der Waals surface area contributed by atoms with Gasteiger partial charge < -0.3 is 10.1 Å². The van der Waals surface area contributed by atoms with Crippen LogP contribution in [0.3, 0.4) is 0 Å². The van der Waals surface area contributed by atoms with Crippen LogP contribution in [0.2, 0.25) is 0 Å². The quantitative estimate of drug-likeness (QED) is 0.182. The van der Waals surface area contributed by atoms with Gasteiger partial charge in [-0.05, 0) is 92.5 Å². The van der Waals surface area contributed by atoms with Crippen LogP contribution in [0.4, 0.5) is 10.1 Å². The highest BCUT2D eigenvalue weighted by Crippen LogP contribution is 2.33. The molecule has 0 saturated carbocycles. The Kier molecular flexibility index (Phi) is 8.42. The van der Waals surface area contributed by atoms with Crippen molar-refractivity contribution < 1.29 is 13.9 Å². The van der Waals surface area contributed by atoms with Gasteiger partial charge in [0.2, 0.25) is 0 Å². The van der Waals surface area contributed by atoms with E-state index >= 15 is 0 Å². The Morgan fingerprint density at radius 1 is 1.22 bits per heavy atom. The van der Waals surface area contributed by atoms with Gasteiger partial charge in [0.05, 0.1) is 8.04 Å². The molecular weight excluding hydrogens is 586 g/mol. The number of benzene rings is 3. The second-order valence-corrected chi connectivity index (χ2v) is 8.88. The van der Waals surface area contributed by atoms with Gasteiger partial charge in [0.25, 0.3) is 5.91 Å². The Morgan fingerprint density at radius 2 is 1.94 bits per heavy atom. The van der Waals surface area contributed by atoms with Crippen molar-refractivity contribution in [3.63, 3.8) is 0 Å². The number of carbonyl (C=O) groups is 1. The molecule has 32 heavy (non-hydrogen) atoms. The van der Waals surface area contributed by atoms with E-state index in [4.69, 9.17) is 4.74 Å². The number of carbonyl (C=O) groups excluding carboxylic acids is 1. The Balaban J connectivity index is 1.76. The van der Waals surface area contributed by atoms with E-state index in [0.717, 1.165) is 15.6 Å². The van der Waals surface area contributed by atoms with Crippen molar-refractivity contribution >= 4 is 56.2 Å². The first-order valence-corrected chi connectivity index (χ1v) is 11.7. The maximum atomic E-state index is 13.8. The molecule has 3 rings (SSSR count). The molecule has 1 amide bonds. The lowest BCUT2D eigenvalue weighted by Gasteiger charge is -2.12. The van der Waals surface area contributed by atoms with Crippen LogP contribution in [0.1, 0.15) is 23.6 Å². The highest BCUT2D eigenvalue weighted by Gasteiger charge is 2.13. The summed E-state index contributed by atoms with van der Waals surface area (Å²) in [7, 11) is 0. The minimum Gasteiger partial charge on any atom is -0.486 e. The molecule has 1 N–H and O–H groups in total. The van der Waals surface area contributed by atoms with Gasteiger partial charge in [-0.3, -0.25) is 4.79 Å². The van der Waals surface area contributed by atoms with Gasteiger partial charge in [0.1, 0.15) is 29.8 Å². The monoisotopic (exact) mass is 604 g/mol. The number of nitriles is 1. The van der Waals surface area contributed by atoms with Crippen LogP contribution in [-0.2, 0) is 17.8 Å². The zero-order valence-electron chi connectivity index (χ0n) is 17.2. The van der Waals surface area contributed by atoms with Crippen molar-refractivity contribution in [2.24, 2.45) is 0 Å². The first-order valence-electron chi connectivity index (χ1n) is 9.78. The molecule has 0 aliphatic heterocycles. The van der Waals surface area contributed by atoms with Crippen LogP contribution in [0.15, 0.2) is 70.7 Å². The number of rotatable bonds is 7. The normalized spacial score (nSPS) is 11.0. The topological polar surface area (TPSA) is 62.1 Å². The maximum Gasteiger partial charge on any atom is 0.266 e. The van der Waals surface area contributed by atoms with E-state index in [-0.39, 0.29) is 18.0 Å². The Morgan fingerprint density at radius 3 is 2.56 bits per heavy atom. The largest absolute Gasteiger partial charge is 0.486 e. The van der Waals surface area contributed by atoms with E-state index in [9.17, 15) is 14.4 Å². The highest BCUT2D eigenvalue weighted by molar-refractivity contribution is 14.1. The minimum atomic E-state index is -0.484. The smallest absolute Gasteiger partial charge is 0.266 e. The predicted octanol–water partition coefficient (Wildman–Crippen LogP) is 6.88. The van der Waals surface area contributed by atoms with Crippen LogP contribution in [0, 0.1) is 20.7 Å². The molecule has 0 radical (unpaired) electrons. The maximum absolute atomic E-state index is 13.8. The summed E-state index contributed by atoms with van der Waals surface area (Å²) < 4.78 is 21.0. The van der Waals surface area contributed by atoms with E-state index in [0.29, 0.717) is 27.0 Å². The number of hydrogen-bond acceptors (Lipinski definition) is 3. The molecule has 162 valence electrons. The number of nitrogens with one attached hydrogen (secondary N) is 1. The van der Waals surface area contributed by atoms with Crippen LogP contribution in [-0.4, -0.2) is 5.91 Å². The lowest BCUT2D eigenvalue weighted by atomic mass is 10.1. The summed E-state index contributed by atoms with van der Waals surface area (Å²) in [6.07, 6.45) is 2.42. The second kappa shape index (κ2) is 11.2. The average Bonchev–Trinajstić information content (AvgIpc) is 2.78. The van der Waals surface area contributed by atoms with Crippen molar-refractivity contribution in [1.29, 1.82) is 5.26 Å². The summed E-state index contributed by atoms with van der Waals surface area (Å²) in [4.78, 5) is 12.6. The molecule has 3 aromatic carbocycles. The standard InChI is InChI=1S/C25H19BrFIN2O2/c1-2-16-7-9-20(10-8-16)30-25(31)19(14-29)11-17-12-21(26)24(23(28)13-17)32-15-18-5-3-4-6-22(18)27/h3-13H,2,15H2,1H3,(H,30,31)/b19-11+. The molecule has 0 aliphatic rings. The fourth-order valence-electron chi connectivity index (χ4n) is 2.90. The summed E-state index contributed by atoms with van der Waals surface area (Å²) >= 11 is 5.57. The zero-order chi connectivity index (χ0) is 23.1. The Labute approximate surface area is 208 Å². The van der Waals surface area contributed by atoms with Crippen molar-refractivity contribution in [2.75, 3.05) is 5.32 Å². The molecule has 4 nitrogen and oxygen atoms in total. The number of aryl methyl sites for hydroxylation is 1. The van der Waals surface area contributed by atoms with Crippen LogP contribution < -0.4 is 10.1 Å². The third kappa shape index (κ3) is 6.17. The molecule has 0 aromatic heterocycles. The van der Waals surface area contributed by atoms with E-state index in [1.165, 1.54) is 12.1 Å². The lowest BCUT2D eigenvalue weighted by molar-refractivity contribution is -0.112. The van der Waals surface area contributed by atoms with E-state index in [1.54, 1.807) is 30.3 Å². The van der Waals surface area contributed by atoms with Crippen molar-refractivity contribution in [2.45, 2.75) is 20.0 Å². The SMILES string of the molecule is CCc1ccc(NC(=O)/C(C#N)=C/c2cc(Br)c(OCc3ccccc3F)c(I)c2)cc1. The lowest BCUT2D eigenvalue weighted by Crippen LogP contribution is -2.13. The van der Waals surface area contributed by atoms with Crippen LogP contribution >= 0.6 is 38.5 Å². The van der Waals surface area contributed by atoms with Crippen LogP contribution in [0.25, 0.3) is 6.08 Å². The summed E-state index contributed by atoms with van der Waals surface area (Å²) in [5.41, 5.74) is 2.88. The van der Waals surface area contributed by atoms with Gasteiger partial charge in [0, 0.05) is 11.3 Å². The Hall–Kier alpha value is -2.70. The fraction of sp³-hybridized carbons (Fsp3) is 0.120. The molecule has 0 unspecified atom stereocenters. The van der Waals surface area contributed by atoms with Gasteiger partial charge in [0.15, 0.2) is 0 Å². The van der Waals surface area contributed by atoms with Gasteiger partial charge >= 0.3 is 0 Å². The number of hydrogen-bond donors (Lipinski definition) is 1. The number of nitrogens with zero attached hydrogens (tertiary/aromatic N) is 1. The van der Waals surface area contributed by atoms with Gasteiger partial charge in [-0.15, -0.1) is 0 Å². The van der Waals surface area contributed by atoms with Gasteiger partial charge in [-0.25, -0.2) is 4.39 Å². The third-order valence-corrected chi connectivity index (χ3v) is 6.04. The zero-order valence-corrected chi connectivity index (χ0v) is 20.9. The second-order valence-electron chi connectivity index (χ2n) is 6.87. The van der Waals surface area contributed by atoms with Gasteiger partial charge in [-0.1, -0.05) is 37.3 Å². The summed E-state index contributed by atoms with van der Waals surface area (Å²) in [5, 5.41) is 12.2. The molecule has 0 saturated heterocycles. The first-order chi connectivity index (χ1) is 15.4. The molecule has 0 heterocycles. The summed E-state index contributed by atoms with van der Waals surface area (Å²) in [5.74, 6) is -0.250. The molecule has 0 atom stereocenters. The predicted molar refractivity (Wildman–Crippen MR) is 136 cm³/mol. The third-order valence-electron chi connectivity index (χ3n) is 4.65. The molecular formula is C25H19BrFIN2O2. The van der Waals surface area contributed by atoms with Crippen molar-refractivity contribution in [1.82, 2.24) is 0 Å².